The van der Waals surface area contributed by atoms with Crippen molar-refractivity contribution in [2.75, 3.05) is 7.05 Å². The molecule has 6 nitrogen and oxygen atoms in total. The first kappa shape index (κ1) is 26.8. The minimum atomic E-state index is -2.06. The molecule has 1 aliphatic rings. The molecule has 0 bridgehead atoms. The number of nitrogens with zero attached hydrogens (tertiary/aromatic N) is 4. The van der Waals surface area contributed by atoms with Crippen LogP contribution in [-0.4, -0.2) is 52.4 Å². The van der Waals surface area contributed by atoms with Gasteiger partial charge in [-0.1, -0.05) is 39.0 Å². The van der Waals surface area contributed by atoms with Crippen molar-refractivity contribution < 1.29 is 9.16 Å². The fourth-order valence-electron chi connectivity index (χ4n) is 4.90. The highest BCUT2D eigenvalue weighted by Crippen LogP contribution is 2.40. The third-order valence-electron chi connectivity index (χ3n) is 8.45. The Morgan fingerprint density at radius 3 is 2.03 bits per heavy atom. The van der Waals surface area contributed by atoms with E-state index in [1.54, 1.807) is 4.80 Å². The number of hydrogen-bond acceptors (Lipinski definition) is 5. The standard InChI is InChI=1S/C29H44N4O2Si/c1-27(2,3)36(9,10)35-26-16-15-21(17-25(26)33-30-23-13-11-12-14-24(23)31-33)20-34-22-18-28(4,5)32(8)29(6,7)19-22/h11-17,22H,18-20H2,1-10H3. The third kappa shape index (κ3) is 5.38. The molecule has 196 valence electrons. The van der Waals surface area contributed by atoms with Gasteiger partial charge in [0.1, 0.15) is 22.5 Å². The first-order chi connectivity index (χ1) is 16.6. The predicted octanol–water partition coefficient (Wildman–Crippen LogP) is 6.97. The zero-order valence-electron chi connectivity index (χ0n) is 23.8. The zero-order valence-corrected chi connectivity index (χ0v) is 24.8. The van der Waals surface area contributed by atoms with Gasteiger partial charge in [-0.25, -0.2) is 0 Å². The van der Waals surface area contributed by atoms with Crippen LogP contribution in [0.3, 0.4) is 0 Å². The molecular weight excluding hydrogens is 464 g/mol. The predicted molar refractivity (Wildman–Crippen MR) is 150 cm³/mol. The lowest BCUT2D eigenvalue weighted by Crippen LogP contribution is -2.60. The fourth-order valence-corrected chi connectivity index (χ4v) is 5.93. The van der Waals surface area contributed by atoms with Crippen LogP contribution < -0.4 is 4.43 Å². The van der Waals surface area contributed by atoms with Crippen molar-refractivity contribution in [1.82, 2.24) is 19.9 Å². The number of benzene rings is 2. The van der Waals surface area contributed by atoms with E-state index in [-0.39, 0.29) is 22.2 Å². The number of hydrogen-bond donors (Lipinski definition) is 0. The van der Waals surface area contributed by atoms with Gasteiger partial charge in [-0.2, -0.15) is 0 Å². The molecule has 0 saturated carbocycles. The molecule has 0 aliphatic carbocycles. The number of rotatable bonds is 6. The molecule has 7 heteroatoms. The van der Waals surface area contributed by atoms with Gasteiger partial charge in [0.2, 0.25) is 0 Å². The highest BCUT2D eigenvalue weighted by Gasteiger charge is 2.43. The lowest BCUT2D eigenvalue weighted by atomic mass is 9.79. The summed E-state index contributed by atoms with van der Waals surface area (Å²) in [5.41, 5.74) is 3.89. The van der Waals surface area contributed by atoms with Crippen LogP contribution in [0.25, 0.3) is 16.7 Å². The first-order valence-electron chi connectivity index (χ1n) is 13.1. The lowest BCUT2D eigenvalue weighted by Gasteiger charge is -2.53. The molecule has 0 unspecified atom stereocenters. The van der Waals surface area contributed by atoms with Crippen LogP contribution in [0.4, 0.5) is 0 Å². The van der Waals surface area contributed by atoms with Gasteiger partial charge in [0.15, 0.2) is 0 Å². The lowest BCUT2D eigenvalue weighted by molar-refractivity contribution is -0.0962. The second-order valence-electron chi connectivity index (χ2n) is 13.2. The van der Waals surface area contributed by atoms with Gasteiger partial charge in [-0.05, 0) is 95.5 Å². The molecule has 0 N–H and O–H groups in total. The monoisotopic (exact) mass is 508 g/mol. The summed E-state index contributed by atoms with van der Waals surface area (Å²) in [5, 5.41) is 9.62. The molecule has 1 aliphatic heterocycles. The summed E-state index contributed by atoms with van der Waals surface area (Å²) in [5.74, 6) is 0.826. The number of piperidine rings is 1. The van der Waals surface area contributed by atoms with Gasteiger partial charge < -0.3 is 9.16 Å². The molecular formula is C29H44N4O2Si. The quantitative estimate of drug-likeness (QED) is 0.336. The molecule has 0 radical (unpaired) electrons. The van der Waals surface area contributed by atoms with Crippen molar-refractivity contribution >= 4 is 19.4 Å². The summed E-state index contributed by atoms with van der Waals surface area (Å²) in [6.45, 7) is 21.1. The molecule has 1 saturated heterocycles. The summed E-state index contributed by atoms with van der Waals surface area (Å²) in [4.78, 5) is 4.21. The Bertz CT molecular complexity index is 1170. The number of likely N-dealkylation sites (tertiary alicyclic amines) is 1. The second kappa shape index (κ2) is 9.26. The maximum absolute atomic E-state index is 6.76. The van der Waals surface area contributed by atoms with Crippen LogP contribution in [0.5, 0.6) is 5.75 Å². The van der Waals surface area contributed by atoms with E-state index in [9.17, 15) is 0 Å². The van der Waals surface area contributed by atoms with E-state index < -0.39 is 8.32 Å². The molecule has 2 aromatic carbocycles. The van der Waals surface area contributed by atoms with Gasteiger partial charge >= 0.3 is 0 Å². The summed E-state index contributed by atoms with van der Waals surface area (Å²) >= 11 is 0. The molecule has 1 fully saturated rings. The largest absolute Gasteiger partial charge is 0.542 e. The Kier molecular flexibility index (Phi) is 6.90. The Labute approximate surface area is 218 Å². The first-order valence-corrected chi connectivity index (χ1v) is 16.0. The fraction of sp³-hybridized carbons (Fsp3) is 0.586. The summed E-state index contributed by atoms with van der Waals surface area (Å²) in [6, 6.07) is 14.3. The van der Waals surface area contributed by atoms with E-state index in [0.29, 0.717) is 6.61 Å². The maximum atomic E-state index is 6.76. The highest BCUT2D eigenvalue weighted by molar-refractivity contribution is 6.74. The van der Waals surface area contributed by atoms with Crippen LogP contribution in [-0.2, 0) is 11.3 Å². The maximum Gasteiger partial charge on any atom is 0.250 e. The Balaban J connectivity index is 1.64. The molecule has 0 atom stereocenters. The topological polar surface area (TPSA) is 52.4 Å². The van der Waals surface area contributed by atoms with Gasteiger partial charge in [0.05, 0.1) is 12.7 Å². The van der Waals surface area contributed by atoms with Gasteiger partial charge in [0, 0.05) is 11.1 Å². The smallest absolute Gasteiger partial charge is 0.250 e. The Morgan fingerprint density at radius 2 is 1.50 bits per heavy atom. The van der Waals surface area contributed by atoms with Crippen molar-refractivity contribution in [3.8, 4) is 11.4 Å². The second-order valence-corrected chi connectivity index (χ2v) is 17.9. The summed E-state index contributed by atoms with van der Waals surface area (Å²) < 4.78 is 13.3. The molecule has 0 spiro atoms. The van der Waals surface area contributed by atoms with Crippen molar-refractivity contribution in [2.45, 2.75) is 103 Å². The van der Waals surface area contributed by atoms with Gasteiger partial charge in [0.25, 0.3) is 8.32 Å². The average molecular weight is 509 g/mol. The van der Waals surface area contributed by atoms with Crippen LogP contribution >= 0.6 is 0 Å². The summed E-state index contributed by atoms with van der Waals surface area (Å²) in [6.07, 6.45) is 2.24. The zero-order chi connectivity index (χ0) is 26.5. The van der Waals surface area contributed by atoms with E-state index in [4.69, 9.17) is 19.4 Å². The van der Waals surface area contributed by atoms with E-state index in [0.717, 1.165) is 40.9 Å². The SMILES string of the molecule is CN1C(C)(C)CC(OCc2ccc(O[Si](C)(C)C(C)(C)C)c(-n3nc4ccccc4n3)c2)CC1(C)C. The minimum Gasteiger partial charge on any atom is -0.542 e. The van der Waals surface area contributed by atoms with Crippen molar-refractivity contribution in [3.05, 3.63) is 48.0 Å². The molecule has 2 heterocycles. The van der Waals surface area contributed by atoms with Crippen LogP contribution in [0.15, 0.2) is 42.5 Å². The Morgan fingerprint density at radius 1 is 0.944 bits per heavy atom. The summed E-state index contributed by atoms with van der Waals surface area (Å²) in [7, 11) is 0.172. The van der Waals surface area contributed by atoms with Crippen LogP contribution in [0, 0.1) is 0 Å². The van der Waals surface area contributed by atoms with Gasteiger partial charge in [-0.3, -0.25) is 4.90 Å². The van der Waals surface area contributed by atoms with E-state index in [1.807, 2.05) is 24.3 Å². The van der Waals surface area contributed by atoms with E-state index in [1.165, 1.54) is 0 Å². The van der Waals surface area contributed by atoms with E-state index in [2.05, 4.69) is 91.7 Å². The van der Waals surface area contributed by atoms with E-state index >= 15 is 0 Å². The Hall–Kier alpha value is -2.22. The van der Waals surface area contributed by atoms with Crippen molar-refractivity contribution in [2.24, 2.45) is 0 Å². The highest BCUT2D eigenvalue weighted by atomic mass is 28.4. The van der Waals surface area contributed by atoms with Crippen molar-refractivity contribution in [1.29, 1.82) is 0 Å². The normalized spacial score (nSPS) is 19.1. The average Bonchev–Trinajstić information content (AvgIpc) is 3.19. The number of aromatic nitrogens is 3. The third-order valence-corrected chi connectivity index (χ3v) is 12.8. The molecule has 1 aromatic heterocycles. The van der Waals surface area contributed by atoms with Crippen LogP contribution in [0.2, 0.25) is 18.1 Å². The van der Waals surface area contributed by atoms with Crippen LogP contribution in [0.1, 0.15) is 66.9 Å². The minimum absolute atomic E-state index is 0.0854. The molecule has 3 aromatic rings. The number of fused-ring (bicyclic) bond motifs is 1. The van der Waals surface area contributed by atoms with Crippen molar-refractivity contribution in [3.63, 3.8) is 0 Å². The van der Waals surface area contributed by atoms with Gasteiger partial charge in [-0.15, -0.1) is 15.0 Å². The molecule has 36 heavy (non-hydrogen) atoms. The molecule has 0 amide bonds. The number of ether oxygens (including phenoxy) is 1. The molecule has 4 rings (SSSR count).